The van der Waals surface area contributed by atoms with Crippen molar-refractivity contribution in [2.24, 2.45) is 0 Å². The molecule has 6 nitrogen and oxygen atoms in total. The Balaban J connectivity index is 1.91. The van der Waals surface area contributed by atoms with Crippen LogP contribution in [-0.2, 0) is 15.7 Å². The quantitative estimate of drug-likeness (QED) is 0.873. The molecule has 0 fully saturated rings. The summed E-state index contributed by atoms with van der Waals surface area (Å²) in [4.78, 5) is 23.1. The van der Waals surface area contributed by atoms with Crippen LogP contribution < -0.4 is 5.32 Å². The van der Waals surface area contributed by atoms with Gasteiger partial charge in [-0.1, -0.05) is 11.2 Å². The SMILES string of the molecule is Cc1cc(C(=O)OCC(=O)Nc2cccc(C(F)(F)F)c2)on1. The lowest BCUT2D eigenvalue weighted by molar-refractivity contribution is -0.137. The summed E-state index contributed by atoms with van der Waals surface area (Å²) in [6.07, 6.45) is -4.52. The predicted molar refractivity (Wildman–Crippen MR) is 71.6 cm³/mol. The van der Waals surface area contributed by atoms with E-state index in [2.05, 4.69) is 19.7 Å². The molecule has 0 bridgehead atoms. The van der Waals surface area contributed by atoms with E-state index in [1.807, 2.05) is 0 Å². The van der Waals surface area contributed by atoms with E-state index in [1.165, 1.54) is 12.1 Å². The molecule has 0 saturated carbocycles. The number of aromatic nitrogens is 1. The number of nitrogens with zero attached hydrogens (tertiary/aromatic N) is 1. The van der Waals surface area contributed by atoms with E-state index < -0.39 is 30.2 Å². The number of ether oxygens (including phenoxy) is 1. The Kier molecular flexibility index (Phi) is 4.68. The van der Waals surface area contributed by atoms with E-state index in [0.717, 1.165) is 18.2 Å². The number of hydrogen-bond acceptors (Lipinski definition) is 5. The molecule has 2 rings (SSSR count). The van der Waals surface area contributed by atoms with Crippen LogP contribution in [0.1, 0.15) is 21.8 Å². The van der Waals surface area contributed by atoms with E-state index >= 15 is 0 Å². The number of nitrogens with one attached hydrogen (secondary N) is 1. The van der Waals surface area contributed by atoms with Crippen molar-refractivity contribution in [3.8, 4) is 0 Å². The van der Waals surface area contributed by atoms with Gasteiger partial charge in [-0.15, -0.1) is 0 Å². The lowest BCUT2D eigenvalue weighted by Crippen LogP contribution is -2.21. The average Bonchev–Trinajstić information content (AvgIpc) is 2.91. The molecule has 1 amide bonds. The zero-order valence-corrected chi connectivity index (χ0v) is 11.8. The molecule has 0 spiro atoms. The lowest BCUT2D eigenvalue weighted by atomic mass is 10.2. The number of rotatable bonds is 4. The Morgan fingerprint density at radius 3 is 2.65 bits per heavy atom. The molecule has 0 saturated heterocycles. The number of alkyl halides is 3. The molecule has 1 aromatic heterocycles. The van der Waals surface area contributed by atoms with E-state index in [9.17, 15) is 22.8 Å². The van der Waals surface area contributed by atoms with Crippen LogP contribution in [0.5, 0.6) is 0 Å². The standard InChI is InChI=1S/C14H11F3N2O4/c1-8-5-11(23-19-8)13(21)22-7-12(20)18-10-4-2-3-9(6-10)14(15,16)17/h2-6H,7H2,1H3,(H,18,20). The highest BCUT2D eigenvalue weighted by atomic mass is 19.4. The average molecular weight is 328 g/mol. The zero-order chi connectivity index (χ0) is 17.0. The van der Waals surface area contributed by atoms with Gasteiger partial charge in [-0.05, 0) is 25.1 Å². The van der Waals surface area contributed by atoms with Crippen molar-refractivity contribution >= 4 is 17.6 Å². The van der Waals surface area contributed by atoms with Gasteiger partial charge in [0.15, 0.2) is 6.61 Å². The summed E-state index contributed by atoms with van der Waals surface area (Å²) in [6, 6.07) is 5.42. The zero-order valence-electron chi connectivity index (χ0n) is 11.8. The molecule has 1 aromatic carbocycles. The molecule has 2 aromatic rings. The largest absolute Gasteiger partial charge is 0.450 e. The predicted octanol–water partition coefficient (Wildman–Crippen LogP) is 2.80. The maximum Gasteiger partial charge on any atom is 0.416 e. The number of esters is 1. The summed E-state index contributed by atoms with van der Waals surface area (Å²) >= 11 is 0. The van der Waals surface area contributed by atoms with Crippen LogP contribution in [0, 0.1) is 6.92 Å². The molecule has 0 aliphatic heterocycles. The minimum atomic E-state index is -4.52. The van der Waals surface area contributed by atoms with Gasteiger partial charge < -0.3 is 14.6 Å². The molecule has 122 valence electrons. The number of carbonyl (C=O) groups is 2. The van der Waals surface area contributed by atoms with Crippen LogP contribution in [0.25, 0.3) is 0 Å². The van der Waals surface area contributed by atoms with Crippen LogP contribution in [0.3, 0.4) is 0 Å². The van der Waals surface area contributed by atoms with Crippen LogP contribution in [0.4, 0.5) is 18.9 Å². The Labute approximate surface area is 128 Å². The molecule has 0 unspecified atom stereocenters. The second kappa shape index (κ2) is 6.51. The third-order valence-electron chi connectivity index (χ3n) is 2.64. The van der Waals surface area contributed by atoms with Crippen molar-refractivity contribution in [1.29, 1.82) is 0 Å². The maximum absolute atomic E-state index is 12.6. The first kappa shape index (κ1) is 16.5. The number of halogens is 3. The minimum Gasteiger partial charge on any atom is -0.450 e. The first-order chi connectivity index (χ1) is 10.8. The maximum atomic E-state index is 12.6. The van der Waals surface area contributed by atoms with Gasteiger partial charge in [-0.3, -0.25) is 4.79 Å². The second-order valence-electron chi connectivity index (χ2n) is 4.54. The van der Waals surface area contributed by atoms with Crippen molar-refractivity contribution in [3.63, 3.8) is 0 Å². The van der Waals surface area contributed by atoms with E-state index in [-0.39, 0.29) is 11.4 Å². The Morgan fingerprint density at radius 2 is 2.04 bits per heavy atom. The Hall–Kier alpha value is -2.84. The first-order valence-corrected chi connectivity index (χ1v) is 6.33. The molecule has 0 atom stereocenters. The second-order valence-corrected chi connectivity index (χ2v) is 4.54. The van der Waals surface area contributed by atoms with Crippen molar-refractivity contribution < 1.29 is 32.0 Å². The fourth-order valence-electron chi connectivity index (χ4n) is 1.63. The van der Waals surface area contributed by atoms with Gasteiger partial charge in [0.1, 0.15) is 0 Å². The number of aryl methyl sites for hydroxylation is 1. The summed E-state index contributed by atoms with van der Waals surface area (Å²) in [7, 11) is 0. The summed E-state index contributed by atoms with van der Waals surface area (Å²) in [5, 5.41) is 5.69. The number of amides is 1. The van der Waals surface area contributed by atoms with Crippen LogP contribution >= 0.6 is 0 Å². The number of anilines is 1. The van der Waals surface area contributed by atoms with Crippen LogP contribution in [0.2, 0.25) is 0 Å². The molecule has 0 aliphatic rings. The summed E-state index contributed by atoms with van der Waals surface area (Å²) in [6.45, 7) is 0.926. The van der Waals surface area contributed by atoms with E-state index in [0.29, 0.717) is 5.69 Å². The van der Waals surface area contributed by atoms with Crippen LogP contribution in [0.15, 0.2) is 34.9 Å². The fourth-order valence-corrected chi connectivity index (χ4v) is 1.63. The topological polar surface area (TPSA) is 81.4 Å². The molecule has 23 heavy (non-hydrogen) atoms. The molecule has 1 N–H and O–H groups in total. The van der Waals surface area contributed by atoms with Crippen molar-refractivity contribution in [2.75, 3.05) is 11.9 Å². The molecule has 0 radical (unpaired) electrons. The van der Waals surface area contributed by atoms with Gasteiger partial charge in [0, 0.05) is 11.8 Å². The van der Waals surface area contributed by atoms with Crippen molar-refractivity contribution in [1.82, 2.24) is 5.16 Å². The number of hydrogen-bond donors (Lipinski definition) is 1. The van der Waals surface area contributed by atoms with Gasteiger partial charge in [-0.25, -0.2) is 4.79 Å². The first-order valence-electron chi connectivity index (χ1n) is 6.33. The molecule has 0 aliphatic carbocycles. The van der Waals surface area contributed by atoms with Gasteiger partial charge in [-0.2, -0.15) is 13.2 Å². The van der Waals surface area contributed by atoms with Gasteiger partial charge in [0.05, 0.1) is 11.3 Å². The smallest absolute Gasteiger partial charge is 0.416 e. The van der Waals surface area contributed by atoms with Gasteiger partial charge >= 0.3 is 12.1 Å². The Morgan fingerprint density at radius 1 is 1.30 bits per heavy atom. The minimum absolute atomic E-state index is 0.0589. The van der Waals surface area contributed by atoms with Gasteiger partial charge in [0.25, 0.3) is 5.91 Å². The highest BCUT2D eigenvalue weighted by Crippen LogP contribution is 2.30. The molecular weight excluding hydrogens is 317 g/mol. The van der Waals surface area contributed by atoms with E-state index in [1.54, 1.807) is 6.92 Å². The molecule has 9 heteroatoms. The van der Waals surface area contributed by atoms with E-state index in [4.69, 9.17) is 0 Å². The number of carbonyl (C=O) groups excluding carboxylic acids is 2. The number of benzene rings is 1. The van der Waals surface area contributed by atoms with Crippen LogP contribution in [-0.4, -0.2) is 23.6 Å². The Bertz CT molecular complexity index is 725. The fraction of sp³-hybridized carbons (Fsp3) is 0.214. The highest BCUT2D eigenvalue weighted by Gasteiger charge is 2.30. The third kappa shape index (κ3) is 4.56. The normalized spacial score (nSPS) is 11.1. The summed E-state index contributed by atoms with van der Waals surface area (Å²) in [5.74, 6) is -1.85. The molecular formula is C14H11F3N2O4. The van der Waals surface area contributed by atoms with Gasteiger partial charge in [0.2, 0.25) is 5.76 Å². The molecule has 1 heterocycles. The third-order valence-corrected chi connectivity index (χ3v) is 2.64. The van der Waals surface area contributed by atoms with Crippen molar-refractivity contribution in [2.45, 2.75) is 13.1 Å². The van der Waals surface area contributed by atoms with Crippen molar-refractivity contribution in [3.05, 3.63) is 47.3 Å². The summed E-state index contributed by atoms with van der Waals surface area (Å²) in [5.41, 5.74) is -0.494. The monoisotopic (exact) mass is 328 g/mol. The lowest BCUT2D eigenvalue weighted by Gasteiger charge is -2.09. The highest BCUT2D eigenvalue weighted by molar-refractivity contribution is 5.94. The summed E-state index contributed by atoms with van der Waals surface area (Å²) < 4.78 is 47.0.